The van der Waals surface area contributed by atoms with Crippen LogP contribution < -0.4 is 4.57 Å². The molecule has 3 aromatic rings. The molecule has 0 aliphatic heterocycles. The van der Waals surface area contributed by atoms with Crippen molar-refractivity contribution in [2.24, 2.45) is 0 Å². The van der Waals surface area contributed by atoms with Gasteiger partial charge in [0.05, 0.1) is 19.5 Å². The molecule has 0 saturated heterocycles. The minimum Gasteiger partial charge on any atom is -0.234 e. The first kappa shape index (κ1) is 38.1. The Kier molecular flexibility index (Phi) is 20.5. The molecule has 46 heavy (non-hydrogen) atoms. The molecule has 0 bridgehead atoms. The minimum atomic E-state index is 0.517. The first-order valence-corrected chi connectivity index (χ1v) is 19.9. The lowest BCUT2D eigenvalue weighted by Gasteiger charge is -2.12. The molecule has 1 unspecified atom stereocenters. The van der Waals surface area contributed by atoms with Crippen molar-refractivity contribution in [3.05, 3.63) is 89.5 Å². The second-order valence-corrected chi connectivity index (χ2v) is 14.3. The summed E-state index contributed by atoms with van der Waals surface area (Å²) in [5.74, 6) is 2.03. The predicted molar refractivity (Wildman–Crippen MR) is 201 cm³/mol. The molecule has 0 fully saturated rings. The molecule has 0 saturated carbocycles. The van der Waals surface area contributed by atoms with E-state index in [1.54, 1.807) is 0 Å². The first-order valence-electron chi connectivity index (χ1n) is 19.9. The van der Waals surface area contributed by atoms with Crippen LogP contribution in [0.25, 0.3) is 0 Å². The lowest BCUT2D eigenvalue weighted by atomic mass is 9.96. The molecular weight excluding hydrogens is 556 g/mol. The van der Waals surface area contributed by atoms with Gasteiger partial charge in [0.15, 0.2) is 0 Å². The molecule has 3 rings (SSSR count). The number of hydrogen-bond acceptors (Lipinski definition) is 0. The zero-order chi connectivity index (χ0) is 32.5. The predicted octanol–water partition coefficient (Wildman–Crippen LogP) is 12.9. The number of hydrogen-bond donors (Lipinski definition) is 0. The minimum absolute atomic E-state index is 0.517. The molecule has 2 aromatic carbocycles. The van der Waals surface area contributed by atoms with Crippen molar-refractivity contribution < 1.29 is 4.57 Å². The van der Waals surface area contributed by atoms with Gasteiger partial charge >= 0.3 is 0 Å². The van der Waals surface area contributed by atoms with E-state index in [1.165, 1.54) is 157 Å². The maximum Gasteiger partial charge on any atom is 0.261 e. The van der Waals surface area contributed by atoms with Crippen molar-refractivity contribution in [1.29, 1.82) is 0 Å². The Labute approximate surface area is 285 Å². The highest BCUT2D eigenvalue weighted by molar-refractivity contribution is 5.22. The van der Waals surface area contributed by atoms with E-state index in [0.29, 0.717) is 5.92 Å². The van der Waals surface area contributed by atoms with E-state index in [4.69, 9.17) is 0 Å². The summed E-state index contributed by atoms with van der Waals surface area (Å²) >= 11 is 0. The maximum atomic E-state index is 2.74. The fourth-order valence-corrected chi connectivity index (χ4v) is 7.17. The molecule has 2 heteroatoms. The monoisotopic (exact) mass is 628 g/mol. The van der Waals surface area contributed by atoms with Crippen LogP contribution in [-0.4, -0.2) is 4.57 Å². The van der Waals surface area contributed by atoms with Crippen molar-refractivity contribution in [2.45, 2.75) is 187 Å². The van der Waals surface area contributed by atoms with Crippen molar-refractivity contribution >= 4 is 0 Å². The Bertz CT molecular complexity index is 1120. The Morgan fingerprint density at radius 3 is 1.52 bits per heavy atom. The van der Waals surface area contributed by atoms with E-state index in [-0.39, 0.29) is 0 Å². The summed E-state index contributed by atoms with van der Waals surface area (Å²) in [6, 6.07) is 22.3. The summed E-state index contributed by atoms with van der Waals surface area (Å²) in [5.41, 5.74) is 4.40. The molecule has 0 amide bonds. The van der Waals surface area contributed by atoms with Gasteiger partial charge in [0.25, 0.3) is 5.82 Å². The van der Waals surface area contributed by atoms with Gasteiger partial charge in [-0.25, -0.2) is 9.13 Å². The second kappa shape index (κ2) is 24.8. The third kappa shape index (κ3) is 15.5. The normalized spacial score (nSPS) is 12.2. The first-order chi connectivity index (χ1) is 22.7. The van der Waals surface area contributed by atoms with Crippen LogP contribution in [0.4, 0.5) is 0 Å². The van der Waals surface area contributed by atoms with Crippen LogP contribution in [0.1, 0.15) is 184 Å². The average Bonchev–Trinajstić information content (AvgIpc) is 3.39. The molecule has 0 aliphatic carbocycles. The van der Waals surface area contributed by atoms with Crippen molar-refractivity contribution in [2.75, 3.05) is 0 Å². The van der Waals surface area contributed by atoms with Gasteiger partial charge in [0, 0.05) is 6.42 Å². The van der Waals surface area contributed by atoms with Crippen LogP contribution in [0, 0.1) is 0 Å². The number of unbranched alkanes of at least 4 members (excludes halogenated alkanes) is 19. The summed E-state index contributed by atoms with van der Waals surface area (Å²) in [4.78, 5) is 0. The van der Waals surface area contributed by atoms with Crippen LogP contribution >= 0.6 is 0 Å². The fraction of sp³-hybridized carbons (Fsp3) is 0.659. The van der Waals surface area contributed by atoms with Gasteiger partial charge in [-0.1, -0.05) is 191 Å². The molecular formula is C44H71N2+. The van der Waals surface area contributed by atoms with Crippen LogP contribution in [0.3, 0.4) is 0 Å². The standard InChI is InChI=1S/C44H71N2/c1-4-6-8-10-11-12-13-14-15-16-17-18-19-20-22-30-36-46-43(37-40(3)42-33-27-24-28-34-42)39-45(35-29-21-9-7-5-2)44(46)38-41-31-25-23-26-32-41/h23-28,31-34,39-40H,4-22,29-30,35-38H2,1-3H3/q+1. The molecule has 0 radical (unpaired) electrons. The third-order valence-electron chi connectivity index (χ3n) is 10.1. The Morgan fingerprint density at radius 2 is 1.00 bits per heavy atom. The van der Waals surface area contributed by atoms with Crippen LogP contribution in [0.5, 0.6) is 0 Å². The van der Waals surface area contributed by atoms with Gasteiger partial charge in [0.1, 0.15) is 11.9 Å². The molecule has 256 valence electrons. The maximum absolute atomic E-state index is 2.74. The van der Waals surface area contributed by atoms with Gasteiger partial charge in [-0.2, -0.15) is 0 Å². The third-order valence-corrected chi connectivity index (χ3v) is 10.1. The molecule has 0 spiro atoms. The smallest absolute Gasteiger partial charge is 0.234 e. The second-order valence-electron chi connectivity index (χ2n) is 14.3. The summed E-state index contributed by atoms with van der Waals surface area (Å²) in [5, 5.41) is 0. The van der Waals surface area contributed by atoms with E-state index >= 15 is 0 Å². The molecule has 1 atom stereocenters. The Balaban J connectivity index is 1.52. The summed E-state index contributed by atoms with van der Waals surface area (Å²) < 4.78 is 5.38. The zero-order valence-corrected chi connectivity index (χ0v) is 30.5. The SMILES string of the molecule is CCCCCCCCCCCCCCCCCCn1c(CC(C)c2ccccc2)c[n+](CCCCCCC)c1Cc1ccccc1. The van der Waals surface area contributed by atoms with E-state index < -0.39 is 0 Å². The topological polar surface area (TPSA) is 8.81 Å². The van der Waals surface area contributed by atoms with Gasteiger partial charge < -0.3 is 0 Å². The largest absolute Gasteiger partial charge is 0.261 e. The number of benzene rings is 2. The Morgan fingerprint density at radius 1 is 0.543 bits per heavy atom. The highest BCUT2D eigenvalue weighted by Gasteiger charge is 2.25. The highest BCUT2D eigenvalue weighted by Crippen LogP contribution is 2.23. The van der Waals surface area contributed by atoms with E-state index in [2.05, 4.69) is 96.8 Å². The van der Waals surface area contributed by atoms with Gasteiger partial charge in [-0.05, 0) is 42.7 Å². The molecule has 0 N–H and O–H groups in total. The quantitative estimate of drug-likeness (QED) is 0.0559. The lowest BCUT2D eigenvalue weighted by Crippen LogP contribution is -2.37. The van der Waals surface area contributed by atoms with Crippen molar-refractivity contribution in [1.82, 2.24) is 4.57 Å². The summed E-state index contributed by atoms with van der Waals surface area (Å²) in [6.45, 7) is 9.32. The number of aryl methyl sites for hydroxylation is 1. The van der Waals surface area contributed by atoms with Crippen LogP contribution in [0.15, 0.2) is 66.9 Å². The van der Waals surface area contributed by atoms with E-state index in [1.807, 2.05) is 0 Å². The Hall–Kier alpha value is -2.35. The summed E-state index contributed by atoms with van der Waals surface area (Å²) in [7, 11) is 0. The van der Waals surface area contributed by atoms with Crippen molar-refractivity contribution in [3.8, 4) is 0 Å². The van der Waals surface area contributed by atoms with Gasteiger partial charge in [-0.3, -0.25) is 0 Å². The van der Waals surface area contributed by atoms with Gasteiger partial charge in [0.2, 0.25) is 0 Å². The number of rotatable bonds is 28. The summed E-state index contributed by atoms with van der Waals surface area (Å²) in [6.07, 6.45) is 34.1. The van der Waals surface area contributed by atoms with Crippen molar-refractivity contribution in [3.63, 3.8) is 0 Å². The zero-order valence-electron chi connectivity index (χ0n) is 30.5. The fourth-order valence-electron chi connectivity index (χ4n) is 7.17. The van der Waals surface area contributed by atoms with Crippen LogP contribution in [0.2, 0.25) is 0 Å². The lowest BCUT2D eigenvalue weighted by molar-refractivity contribution is -0.704. The average molecular weight is 628 g/mol. The van der Waals surface area contributed by atoms with E-state index in [0.717, 1.165) is 25.9 Å². The van der Waals surface area contributed by atoms with Gasteiger partial charge in [-0.15, -0.1) is 0 Å². The van der Waals surface area contributed by atoms with Crippen LogP contribution in [-0.2, 0) is 25.9 Å². The highest BCUT2D eigenvalue weighted by atomic mass is 15.2. The molecule has 0 aliphatic rings. The number of imidazole rings is 1. The molecule has 1 aromatic heterocycles. The number of nitrogens with zero attached hydrogens (tertiary/aromatic N) is 2. The number of aromatic nitrogens is 2. The molecule has 2 nitrogen and oxygen atoms in total. The molecule has 1 heterocycles. The van der Waals surface area contributed by atoms with E-state index in [9.17, 15) is 0 Å².